The molecule has 5 aromatic carbocycles. The first-order chi connectivity index (χ1) is 19.8. The van der Waals surface area contributed by atoms with Crippen LogP contribution in [-0.2, 0) is 0 Å². The molecule has 8 aromatic rings. The van der Waals surface area contributed by atoms with Gasteiger partial charge in [-0.15, -0.1) is 0 Å². The third kappa shape index (κ3) is 3.29. The van der Waals surface area contributed by atoms with Crippen molar-refractivity contribution in [2.45, 2.75) is 0 Å². The fraction of sp³-hybridized carbons (Fsp3) is 0.0278. The number of nitrogens with zero attached hydrogens (tertiary/aromatic N) is 3. The molecule has 0 bridgehead atoms. The maximum absolute atomic E-state index is 5.37. The lowest BCUT2D eigenvalue weighted by Crippen LogP contribution is -2.01. The van der Waals surface area contributed by atoms with Gasteiger partial charge in [-0.3, -0.25) is 4.57 Å². The van der Waals surface area contributed by atoms with Crippen molar-refractivity contribution in [1.82, 2.24) is 14.1 Å². The zero-order valence-electron chi connectivity index (χ0n) is 22.0. The SMILES string of the molecule is COc1ccc(-c2cccc(-n3c4ccccc4c4ccc5c6ccccc6n(-c6ccccc6)c5c43)n2)cc1. The Morgan fingerprint density at radius 1 is 0.500 bits per heavy atom. The second-order valence-corrected chi connectivity index (χ2v) is 10.0. The van der Waals surface area contributed by atoms with Crippen molar-refractivity contribution in [1.29, 1.82) is 0 Å². The molecule has 4 nitrogen and oxygen atoms in total. The van der Waals surface area contributed by atoms with E-state index >= 15 is 0 Å². The van der Waals surface area contributed by atoms with E-state index in [1.54, 1.807) is 7.11 Å². The smallest absolute Gasteiger partial charge is 0.138 e. The molecule has 0 radical (unpaired) electrons. The Balaban J connectivity index is 1.52. The molecule has 0 saturated heterocycles. The van der Waals surface area contributed by atoms with E-state index in [0.29, 0.717) is 0 Å². The largest absolute Gasteiger partial charge is 0.497 e. The third-order valence-electron chi connectivity index (χ3n) is 7.83. The average molecular weight is 516 g/mol. The highest BCUT2D eigenvalue weighted by molar-refractivity contribution is 6.23. The lowest BCUT2D eigenvalue weighted by Gasteiger charge is -2.13. The number of fused-ring (bicyclic) bond motifs is 7. The van der Waals surface area contributed by atoms with Gasteiger partial charge in [0.05, 0.1) is 34.9 Å². The van der Waals surface area contributed by atoms with Crippen molar-refractivity contribution in [3.8, 4) is 28.5 Å². The number of aromatic nitrogens is 3. The van der Waals surface area contributed by atoms with E-state index < -0.39 is 0 Å². The van der Waals surface area contributed by atoms with E-state index in [1.807, 2.05) is 12.1 Å². The van der Waals surface area contributed by atoms with Crippen molar-refractivity contribution < 1.29 is 4.74 Å². The van der Waals surface area contributed by atoms with Gasteiger partial charge in [-0.25, -0.2) is 4.98 Å². The Kier molecular flexibility index (Phi) is 5.01. The molecule has 3 aromatic heterocycles. The number of methoxy groups -OCH3 is 1. The highest BCUT2D eigenvalue weighted by Gasteiger charge is 2.21. The minimum Gasteiger partial charge on any atom is -0.497 e. The number of benzene rings is 5. The molecule has 0 fully saturated rings. The molecule has 190 valence electrons. The van der Waals surface area contributed by atoms with Crippen LogP contribution in [0.1, 0.15) is 0 Å². The summed E-state index contributed by atoms with van der Waals surface area (Å²) < 4.78 is 10.1. The first-order valence-corrected chi connectivity index (χ1v) is 13.4. The molecule has 0 amide bonds. The molecular weight excluding hydrogens is 490 g/mol. The van der Waals surface area contributed by atoms with E-state index in [-0.39, 0.29) is 0 Å². The van der Waals surface area contributed by atoms with Gasteiger partial charge in [0.25, 0.3) is 0 Å². The molecule has 0 unspecified atom stereocenters. The molecule has 0 aliphatic heterocycles. The van der Waals surface area contributed by atoms with Crippen LogP contribution in [0, 0.1) is 0 Å². The summed E-state index contributed by atoms with van der Waals surface area (Å²) in [6.45, 7) is 0. The molecule has 0 spiro atoms. The Labute approximate surface area is 231 Å². The minimum absolute atomic E-state index is 0.832. The highest BCUT2D eigenvalue weighted by atomic mass is 16.5. The molecular formula is C36H25N3O. The lowest BCUT2D eigenvalue weighted by atomic mass is 10.1. The van der Waals surface area contributed by atoms with E-state index in [0.717, 1.165) is 39.5 Å². The molecule has 0 aliphatic carbocycles. The van der Waals surface area contributed by atoms with Crippen LogP contribution in [0.4, 0.5) is 0 Å². The highest BCUT2D eigenvalue weighted by Crippen LogP contribution is 2.41. The van der Waals surface area contributed by atoms with Gasteiger partial charge in [-0.2, -0.15) is 0 Å². The van der Waals surface area contributed by atoms with Crippen LogP contribution in [0.3, 0.4) is 0 Å². The summed E-state index contributed by atoms with van der Waals surface area (Å²) in [4.78, 5) is 5.22. The van der Waals surface area contributed by atoms with E-state index in [4.69, 9.17) is 9.72 Å². The molecule has 4 heteroatoms. The third-order valence-corrected chi connectivity index (χ3v) is 7.83. The molecule has 0 N–H and O–H groups in total. The van der Waals surface area contributed by atoms with Crippen LogP contribution in [0.5, 0.6) is 5.75 Å². The monoisotopic (exact) mass is 515 g/mol. The summed E-state index contributed by atoms with van der Waals surface area (Å²) in [5.41, 5.74) is 7.75. The van der Waals surface area contributed by atoms with E-state index in [9.17, 15) is 0 Å². The standard InChI is InChI=1S/C36H25N3O/c1-40-26-20-18-24(19-21-26)31-14-9-17-34(37-31)39-33-16-8-6-13-28(33)30-23-22-29-27-12-5-7-15-32(27)38(35(29)36(30)39)25-10-3-2-4-11-25/h2-23H,1H3. The van der Waals surface area contributed by atoms with E-state index in [2.05, 4.69) is 130 Å². The molecule has 3 heterocycles. The van der Waals surface area contributed by atoms with Gasteiger partial charge in [0.15, 0.2) is 0 Å². The summed E-state index contributed by atoms with van der Waals surface area (Å²) in [7, 11) is 1.69. The molecule has 40 heavy (non-hydrogen) atoms. The second kappa shape index (κ2) is 8.85. The first-order valence-electron chi connectivity index (χ1n) is 13.4. The van der Waals surface area contributed by atoms with Crippen molar-refractivity contribution in [3.63, 3.8) is 0 Å². The van der Waals surface area contributed by atoms with Gasteiger partial charge < -0.3 is 9.30 Å². The van der Waals surface area contributed by atoms with Crippen LogP contribution in [0.15, 0.2) is 133 Å². The summed E-state index contributed by atoms with van der Waals surface area (Å²) in [5, 5.41) is 4.88. The number of hydrogen-bond acceptors (Lipinski definition) is 2. The van der Waals surface area contributed by atoms with Crippen LogP contribution >= 0.6 is 0 Å². The number of pyridine rings is 1. The predicted octanol–water partition coefficient (Wildman–Crippen LogP) is 8.95. The van der Waals surface area contributed by atoms with Crippen LogP contribution in [0.25, 0.3) is 66.4 Å². The van der Waals surface area contributed by atoms with Gasteiger partial charge in [0.2, 0.25) is 0 Å². The Hall–Kier alpha value is -5.35. The fourth-order valence-electron chi connectivity index (χ4n) is 6.05. The molecule has 0 atom stereocenters. The maximum atomic E-state index is 5.37. The number of hydrogen-bond donors (Lipinski definition) is 0. The first kappa shape index (κ1) is 22.6. The van der Waals surface area contributed by atoms with Crippen molar-refractivity contribution >= 4 is 43.6 Å². The summed E-state index contributed by atoms with van der Waals surface area (Å²) >= 11 is 0. The molecule has 0 saturated carbocycles. The summed E-state index contributed by atoms with van der Waals surface area (Å²) in [6.07, 6.45) is 0. The summed E-state index contributed by atoms with van der Waals surface area (Å²) in [5.74, 6) is 1.72. The Morgan fingerprint density at radius 2 is 1.10 bits per heavy atom. The maximum Gasteiger partial charge on any atom is 0.138 e. The van der Waals surface area contributed by atoms with Gasteiger partial charge in [-0.1, -0.05) is 72.8 Å². The van der Waals surface area contributed by atoms with Crippen molar-refractivity contribution in [2.75, 3.05) is 7.11 Å². The van der Waals surface area contributed by atoms with Gasteiger partial charge >= 0.3 is 0 Å². The van der Waals surface area contributed by atoms with Gasteiger partial charge in [0, 0.05) is 32.8 Å². The topological polar surface area (TPSA) is 32.0 Å². The number of para-hydroxylation sites is 3. The fourth-order valence-corrected chi connectivity index (χ4v) is 6.05. The molecule has 0 aliphatic rings. The number of ether oxygens (including phenoxy) is 1. The van der Waals surface area contributed by atoms with Crippen molar-refractivity contribution in [3.05, 3.63) is 133 Å². The quantitative estimate of drug-likeness (QED) is 0.234. The van der Waals surface area contributed by atoms with Gasteiger partial charge in [0.1, 0.15) is 11.6 Å². The molecule has 8 rings (SSSR count). The minimum atomic E-state index is 0.832. The second-order valence-electron chi connectivity index (χ2n) is 10.0. The Morgan fingerprint density at radius 3 is 1.77 bits per heavy atom. The van der Waals surface area contributed by atoms with E-state index in [1.165, 1.54) is 32.6 Å². The predicted molar refractivity (Wildman–Crippen MR) is 165 cm³/mol. The van der Waals surface area contributed by atoms with Crippen LogP contribution in [-0.4, -0.2) is 21.2 Å². The number of rotatable bonds is 4. The van der Waals surface area contributed by atoms with Crippen LogP contribution in [0.2, 0.25) is 0 Å². The lowest BCUT2D eigenvalue weighted by molar-refractivity contribution is 0.415. The van der Waals surface area contributed by atoms with Crippen molar-refractivity contribution in [2.24, 2.45) is 0 Å². The zero-order chi connectivity index (χ0) is 26.6. The van der Waals surface area contributed by atoms with Crippen LogP contribution < -0.4 is 4.74 Å². The zero-order valence-corrected chi connectivity index (χ0v) is 22.0. The Bertz CT molecular complexity index is 2190. The average Bonchev–Trinajstić information content (AvgIpc) is 3.55. The van der Waals surface area contributed by atoms with Gasteiger partial charge in [-0.05, 0) is 60.7 Å². The summed E-state index contributed by atoms with van der Waals surface area (Å²) in [6, 6.07) is 46.8. The normalized spacial score (nSPS) is 11.6.